The molecular formula is C11H15ClN2O. The number of aromatic nitrogens is 1. The van der Waals surface area contributed by atoms with Gasteiger partial charge in [-0.1, -0.05) is 11.6 Å². The van der Waals surface area contributed by atoms with Crippen LogP contribution >= 0.6 is 11.6 Å². The average Bonchev–Trinajstić information content (AvgIpc) is 2.74. The Kier molecular flexibility index (Phi) is 3.80. The van der Waals surface area contributed by atoms with Gasteiger partial charge in [0.2, 0.25) is 0 Å². The Bertz CT molecular complexity index is 313. The Hall–Kier alpha value is -0.800. The Balaban J connectivity index is 1.75. The van der Waals surface area contributed by atoms with E-state index < -0.39 is 0 Å². The van der Waals surface area contributed by atoms with Crippen molar-refractivity contribution in [2.75, 3.05) is 26.2 Å². The maximum absolute atomic E-state index is 5.87. The third kappa shape index (κ3) is 3.08. The Morgan fingerprint density at radius 3 is 2.93 bits per heavy atom. The molecule has 3 nitrogen and oxygen atoms in total. The van der Waals surface area contributed by atoms with E-state index >= 15 is 0 Å². The molecular weight excluding hydrogens is 212 g/mol. The summed E-state index contributed by atoms with van der Waals surface area (Å²) < 4.78 is 5.56. The molecule has 0 N–H and O–H groups in total. The summed E-state index contributed by atoms with van der Waals surface area (Å²) in [4.78, 5) is 6.36. The number of pyridine rings is 1. The van der Waals surface area contributed by atoms with Gasteiger partial charge in [0, 0.05) is 12.7 Å². The average molecular weight is 227 g/mol. The van der Waals surface area contributed by atoms with Gasteiger partial charge >= 0.3 is 0 Å². The van der Waals surface area contributed by atoms with E-state index in [2.05, 4.69) is 9.88 Å². The molecule has 0 unspecified atom stereocenters. The molecule has 0 bridgehead atoms. The summed E-state index contributed by atoms with van der Waals surface area (Å²) in [6, 6.07) is 3.68. The highest BCUT2D eigenvalue weighted by Gasteiger charge is 2.11. The molecule has 0 spiro atoms. The van der Waals surface area contributed by atoms with Crippen LogP contribution in [0.5, 0.6) is 5.75 Å². The van der Waals surface area contributed by atoms with Crippen LogP contribution < -0.4 is 4.74 Å². The molecule has 1 fully saturated rings. The summed E-state index contributed by atoms with van der Waals surface area (Å²) in [6.07, 6.45) is 4.29. The zero-order chi connectivity index (χ0) is 10.5. The van der Waals surface area contributed by atoms with Crippen molar-refractivity contribution in [2.45, 2.75) is 12.8 Å². The second-order valence-electron chi connectivity index (χ2n) is 3.69. The van der Waals surface area contributed by atoms with Crippen molar-refractivity contribution >= 4 is 11.6 Å². The van der Waals surface area contributed by atoms with Crippen LogP contribution in [0.4, 0.5) is 0 Å². The van der Waals surface area contributed by atoms with Gasteiger partial charge in [-0.3, -0.25) is 4.90 Å². The first-order chi connectivity index (χ1) is 7.36. The van der Waals surface area contributed by atoms with E-state index in [1.165, 1.54) is 25.9 Å². The number of hydrogen-bond donors (Lipinski definition) is 0. The summed E-state index contributed by atoms with van der Waals surface area (Å²) in [6.45, 7) is 4.06. The van der Waals surface area contributed by atoms with E-state index in [-0.39, 0.29) is 0 Å². The van der Waals surface area contributed by atoms with E-state index in [4.69, 9.17) is 16.3 Å². The van der Waals surface area contributed by atoms with Crippen molar-refractivity contribution in [3.63, 3.8) is 0 Å². The minimum absolute atomic E-state index is 0.443. The van der Waals surface area contributed by atoms with E-state index in [1.807, 2.05) is 12.1 Å². The molecule has 1 aromatic rings. The number of nitrogens with zero attached hydrogens (tertiary/aromatic N) is 2. The molecule has 1 aromatic heterocycles. The number of halogens is 1. The van der Waals surface area contributed by atoms with Crippen molar-refractivity contribution in [3.05, 3.63) is 23.5 Å². The van der Waals surface area contributed by atoms with Gasteiger partial charge in [-0.15, -0.1) is 0 Å². The zero-order valence-electron chi connectivity index (χ0n) is 8.66. The zero-order valence-corrected chi connectivity index (χ0v) is 9.41. The van der Waals surface area contributed by atoms with E-state index in [0.717, 1.165) is 6.54 Å². The van der Waals surface area contributed by atoms with Crippen molar-refractivity contribution in [3.8, 4) is 5.75 Å². The lowest BCUT2D eigenvalue weighted by molar-refractivity contribution is 0.237. The Morgan fingerprint density at radius 2 is 2.20 bits per heavy atom. The van der Waals surface area contributed by atoms with Crippen LogP contribution in [-0.4, -0.2) is 36.1 Å². The predicted molar refractivity (Wildman–Crippen MR) is 60.4 cm³/mol. The highest BCUT2D eigenvalue weighted by Crippen LogP contribution is 2.20. The molecule has 82 valence electrons. The molecule has 15 heavy (non-hydrogen) atoms. The van der Waals surface area contributed by atoms with E-state index in [1.54, 1.807) is 6.20 Å². The summed E-state index contributed by atoms with van der Waals surface area (Å²) in [5, 5.41) is 0.443. The molecule has 0 aliphatic carbocycles. The molecule has 0 aromatic carbocycles. The maximum Gasteiger partial charge on any atom is 0.171 e. The van der Waals surface area contributed by atoms with Gasteiger partial charge in [0.1, 0.15) is 6.61 Å². The summed E-state index contributed by atoms with van der Waals surface area (Å²) in [5.74, 6) is 0.679. The summed E-state index contributed by atoms with van der Waals surface area (Å²) >= 11 is 5.87. The van der Waals surface area contributed by atoms with Gasteiger partial charge in [0.25, 0.3) is 0 Å². The van der Waals surface area contributed by atoms with Gasteiger partial charge < -0.3 is 4.74 Å². The second-order valence-corrected chi connectivity index (χ2v) is 4.05. The van der Waals surface area contributed by atoms with Crippen LogP contribution in [0.15, 0.2) is 18.3 Å². The van der Waals surface area contributed by atoms with Crippen molar-refractivity contribution in [1.29, 1.82) is 0 Å². The third-order valence-electron chi connectivity index (χ3n) is 2.59. The highest BCUT2D eigenvalue weighted by atomic mass is 35.5. The van der Waals surface area contributed by atoms with Crippen molar-refractivity contribution < 1.29 is 4.74 Å². The lowest BCUT2D eigenvalue weighted by Gasteiger charge is -2.14. The first-order valence-electron chi connectivity index (χ1n) is 5.32. The van der Waals surface area contributed by atoms with Crippen LogP contribution in [0.25, 0.3) is 0 Å². The fraction of sp³-hybridized carbons (Fsp3) is 0.545. The molecule has 0 saturated carbocycles. The smallest absolute Gasteiger partial charge is 0.171 e. The van der Waals surface area contributed by atoms with Crippen molar-refractivity contribution in [2.24, 2.45) is 0 Å². The lowest BCUT2D eigenvalue weighted by atomic mass is 10.4. The lowest BCUT2D eigenvalue weighted by Crippen LogP contribution is -2.25. The van der Waals surface area contributed by atoms with Crippen LogP contribution in [0.2, 0.25) is 5.15 Å². The topological polar surface area (TPSA) is 25.4 Å². The van der Waals surface area contributed by atoms with Crippen LogP contribution in [-0.2, 0) is 0 Å². The number of likely N-dealkylation sites (tertiary alicyclic amines) is 1. The fourth-order valence-corrected chi connectivity index (χ4v) is 1.94. The number of ether oxygens (including phenoxy) is 1. The van der Waals surface area contributed by atoms with Gasteiger partial charge in [-0.2, -0.15) is 0 Å². The third-order valence-corrected chi connectivity index (χ3v) is 2.87. The standard InChI is InChI=1S/C11H15ClN2O/c12-11-10(4-3-5-13-11)15-9-8-14-6-1-2-7-14/h3-5H,1-2,6-9H2. The highest BCUT2D eigenvalue weighted by molar-refractivity contribution is 6.30. The van der Waals surface area contributed by atoms with Crippen molar-refractivity contribution in [1.82, 2.24) is 9.88 Å². The van der Waals surface area contributed by atoms with Gasteiger partial charge in [0.05, 0.1) is 0 Å². The minimum atomic E-state index is 0.443. The SMILES string of the molecule is Clc1ncccc1OCCN1CCCC1. The predicted octanol–water partition coefficient (Wildman–Crippen LogP) is 2.21. The molecule has 4 heteroatoms. The molecule has 1 aliphatic rings. The monoisotopic (exact) mass is 226 g/mol. The number of rotatable bonds is 4. The molecule has 1 saturated heterocycles. The first kappa shape index (κ1) is 10.7. The minimum Gasteiger partial charge on any atom is -0.489 e. The Labute approximate surface area is 95.0 Å². The largest absolute Gasteiger partial charge is 0.489 e. The molecule has 2 rings (SSSR count). The summed E-state index contributed by atoms with van der Waals surface area (Å²) in [7, 11) is 0. The Morgan fingerprint density at radius 1 is 1.40 bits per heavy atom. The molecule has 0 amide bonds. The van der Waals surface area contributed by atoms with Gasteiger partial charge in [-0.25, -0.2) is 4.98 Å². The molecule has 0 atom stereocenters. The molecule has 1 aliphatic heterocycles. The first-order valence-corrected chi connectivity index (χ1v) is 5.70. The molecule has 0 radical (unpaired) electrons. The van der Waals surface area contributed by atoms with Gasteiger partial charge in [-0.05, 0) is 38.1 Å². The maximum atomic E-state index is 5.87. The normalized spacial score (nSPS) is 16.9. The van der Waals surface area contributed by atoms with E-state index in [9.17, 15) is 0 Å². The fourth-order valence-electron chi connectivity index (χ4n) is 1.77. The van der Waals surface area contributed by atoms with Gasteiger partial charge in [0.15, 0.2) is 10.9 Å². The van der Waals surface area contributed by atoms with E-state index in [0.29, 0.717) is 17.5 Å². The molecule has 2 heterocycles. The van der Waals surface area contributed by atoms with Crippen LogP contribution in [0.3, 0.4) is 0 Å². The summed E-state index contributed by atoms with van der Waals surface area (Å²) in [5.41, 5.74) is 0. The van der Waals surface area contributed by atoms with Crippen LogP contribution in [0, 0.1) is 0 Å². The van der Waals surface area contributed by atoms with Crippen LogP contribution in [0.1, 0.15) is 12.8 Å². The second kappa shape index (κ2) is 5.33. The number of hydrogen-bond acceptors (Lipinski definition) is 3. The quantitative estimate of drug-likeness (QED) is 0.737.